The van der Waals surface area contributed by atoms with Crippen LogP contribution in [-0.4, -0.2) is 11.7 Å². The Morgan fingerprint density at radius 3 is 2.33 bits per heavy atom. The van der Waals surface area contributed by atoms with Crippen LogP contribution in [0.2, 0.25) is 0 Å². The summed E-state index contributed by atoms with van der Waals surface area (Å²) in [7, 11) is 0. The maximum absolute atomic E-state index is 13.7. The summed E-state index contributed by atoms with van der Waals surface area (Å²) < 4.78 is 42.0. The van der Waals surface area contributed by atoms with E-state index in [2.05, 4.69) is 10.1 Å². The van der Waals surface area contributed by atoms with Gasteiger partial charge in [-0.25, -0.2) is 4.39 Å². The third-order valence-electron chi connectivity index (χ3n) is 2.91. The predicted octanol–water partition coefficient (Wildman–Crippen LogP) is 4.31. The SMILES string of the molecule is CC(Nc1ccc(OC(F)F)cc1)c1ccc(O)cc1F. The fourth-order valence-corrected chi connectivity index (χ4v) is 1.93. The standard InChI is InChI=1S/C15H14F3NO2/c1-9(13-7-4-11(20)8-14(13)16)19-10-2-5-12(6-3-10)21-15(17)18/h2-9,15,19-20H,1H3. The fourth-order valence-electron chi connectivity index (χ4n) is 1.93. The Balaban J connectivity index is 2.06. The fraction of sp³-hybridized carbons (Fsp3) is 0.200. The average molecular weight is 297 g/mol. The first-order chi connectivity index (χ1) is 9.95. The molecule has 2 rings (SSSR count). The summed E-state index contributed by atoms with van der Waals surface area (Å²) in [5, 5.41) is 12.2. The monoisotopic (exact) mass is 297 g/mol. The van der Waals surface area contributed by atoms with Gasteiger partial charge in [0, 0.05) is 17.3 Å². The van der Waals surface area contributed by atoms with Crippen LogP contribution in [0, 0.1) is 5.82 Å². The van der Waals surface area contributed by atoms with Gasteiger partial charge in [-0.3, -0.25) is 0 Å². The Kier molecular flexibility index (Phi) is 4.57. The molecule has 0 spiro atoms. The van der Waals surface area contributed by atoms with Crippen molar-refractivity contribution < 1.29 is 23.0 Å². The number of benzene rings is 2. The first kappa shape index (κ1) is 15.0. The van der Waals surface area contributed by atoms with E-state index in [4.69, 9.17) is 0 Å². The molecule has 0 radical (unpaired) electrons. The topological polar surface area (TPSA) is 41.5 Å². The molecule has 3 nitrogen and oxygen atoms in total. The van der Waals surface area contributed by atoms with Crippen LogP contribution in [0.25, 0.3) is 0 Å². The van der Waals surface area contributed by atoms with E-state index in [-0.39, 0.29) is 17.5 Å². The van der Waals surface area contributed by atoms with Gasteiger partial charge < -0.3 is 15.2 Å². The molecule has 6 heteroatoms. The van der Waals surface area contributed by atoms with Gasteiger partial charge in [0.05, 0.1) is 6.04 Å². The van der Waals surface area contributed by atoms with E-state index >= 15 is 0 Å². The summed E-state index contributed by atoms with van der Waals surface area (Å²) in [6, 6.07) is 9.48. The normalized spacial score (nSPS) is 12.2. The van der Waals surface area contributed by atoms with Crippen LogP contribution in [0.1, 0.15) is 18.5 Å². The quantitative estimate of drug-likeness (QED) is 0.864. The summed E-state index contributed by atoms with van der Waals surface area (Å²) in [6.45, 7) is -1.12. The molecule has 0 aliphatic rings. The molecule has 0 heterocycles. The van der Waals surface area contributed by atoms with E-state index in [9.17, 15) is 18.3 Å². The Morgan fingerprint density at radius 1 is 1.10 bits per heavy atom. The molecule has 0 saturated carbocycles. The molecule has 0 bridgehead atoms. The summed E-state index contributed by atoms with van der Waals surface area (Å²) in [6.07, 6.45) is 0. The number of hydrogen-bond acceptors (Lipinski definition) is 3. The number of nitrogens with one attached hydrogen (secondary N) is 1. The number of phenolic OH excluding ortho intramolecular Hbond substituents is 1. The van der Waals surface area contributed by atoms with E-state index in [1.165, 1.54) is 24.3 Å². The first-order valence-corrected chi connectivity index (χ1v) is 6.25. The summed E-state index contributed by atoms with van der Waals surface area (Å²) in [5.41, 5.74) is 1.03. The van der Waals surface area contributed by atoms with Crippen molar-refractivity contribution in [1.29, 1.82) is 0 Å². The third-order valence-corrected chi connectivity index (χ3v) is 2.91. The Hall–Kier alpha value is -2.37. The lowest BCUT2D eigenvalue weighted by atomic mass is 10.1. The second-order valence-corrected chi connectivity index (χ2v) is 4.47. The van der Waals surface area contributed by atoms with Crippen molar-refractivity contribution in [3.05, 3.63) is 53.8 Å². The summed E-state index contributed by atoms with van der Waals surface area (Å²) in [5.74, 6) is -0.608. The molecule has 2 aromatic rings. The minimum Gasteiger partial charge on any atom is -0.508 e. The number of rotatable bonds is 5. The van der Waals surface area contributed by atoms with Crippen molar-refractivity contribution in [3.63, 3.8) is 0 Å². The van der Waals surface area contributed by atoms with Crippen molar-refractivity contribution in [3.8, 4) is 11.5 Å². The molecular formula is C15H14F3NO2. The zero-order valence-corrected chi connectivity index (χ0v) is 11.2. The predicted molar refractivity (Wildman–Crippen MR) is 73.2 cm³/mol. The number of anilines is 1. The number of phenols is 1. The van der Waals surface area contributed by atoms with Crippen LogP contribution in [0.4, 0.5) is 18.9 Å². The van der Waals surface area contributed by atoms with Crippen molar-refractivity contribution in [2.45, 2.75) is 19.6 Å². The van der Waals surface area contributed by atoms with Gasteiger partial charge in [-0.15, -0.1) is 0 Å². The van der Waals surface area contributed by atoms with E-state index in [0.29, 0.717) is 11.3 Å². The lowest BCUT2D eigenvalue weighted by Crippen LogP contribution is -2.08. The van der Waals surface area contributed by atoms with Gasteiger partial charge in [-0.2, -0.15) is 8.78 Å². The number of hydrogen-bond donors (Lipinski definition) is 2. The zero-order valence-electron chi connectivity index (χ0n) is 11.2. The molecule has 112 valence electrons. The van der Waals surface area contributed by atoms with E-state index < -0.39 is 12.4 Å². The minimum absolute atomic E-state index is 0.0546. The van der Waals surface area contributed by atoms with Crippen molar-refractivity contribution in [2.24, 2.45) is 0 Å². The van der Waals surface area contributed by atoms with Crippen molar-refractivity contribution in [2.75, 3.05) is 5.32 Å². The molecule has 1 atom stereocenters. The number of halogens is 3. The second kappa shape index (κ2) is 6.39. The lowest BCUT2D eigenvalue weighted by Gasteiger charge is -2.17. The van der Waals surface area contributed by atoms with Gasteiger partial charge in [0.2, 0.25) is 0 Å². The smallest absolute Gasteiger partial charge is 0.387 e. The number of aromatic hydroxyl groups is 1. The minimum atomic E-state index is -2.87. The Morgan fingerprint density at radius 2 is 1.76 bits per heavy atom. The van der Waals surface area contributed by atoms with Gasteiger partial charge in [-0.1, -0.05) is 6.07 Å². The molecular weight excluding hydrogens is 283 g/mol. The molecule has 1 unspecified atom stereocenters. The molecule has 2 aromatic carbocycles. The third kappa shape index (κ3) is 4.05. The number of alkyl halides is 2. The zero-order chi connectivity index (χ0) is 15.4. The largest absolute Gasteiger partial charge is 0.508 e. The first-order valence-electron chi connectivity index (χ1n) is 6.25. The van der Waals surface area contributed by atoms with Crippen LogP contribution in [0.3, 0.4) is 0 Å². The van der Waals surface area contributed by atoms with Crippen molar-refractivity contribution >= 4 is 5.69 Å². The molecule has 0 fully saturated rings. The van der Waals surface area contributed by atoms with Crippen LogP contribution < -0.4 is 10.1 Å². The second-order valence-electron chi connectivity index (χ2n) is 4.47. The van der Waals surface area contributed by atoms with Gasteiger partial charge >= 0.3 is 6.61 Å². The highest BCUT2D eigenvalue weighted by molar-refractivity contribution is 5.48. The molecule has 0 saturated heterocycles. The molecule has 21 heavy (non-hydrogen) atoms. The number of ether oxygens (including phenoxy) is 1. The highest BCUT2D eigenvalue weighted by Crippen LogP contribution is 2.25. The summed E-state index contributed by atoms with van der Waals surface area (Å²) in [4.78, 5) is 0. The molecule has 0 amide bonds. The van der Waals surface area contributed by atoms with Gasteiger partial charge in [0.15, 0.2) is 0 Å². The molecule has 2 N–H and O–H groups in total. The maximum Gasteiger partial charge on any atom is 0.387 e. The Labute approximate surface area is 120 Å². The van der Waals surface area contributed by atoms with Crippen LogP contribution in [-0.2, 0) is 0 Å². The van der Waals surface area contributed by atoms with Gasteiger partial charge in [0.1, 0.15) is 17.3 Å². The van der Waals surface area contributed by atoms with Crippen LogP contribution in [0.15, 0.2) is 42.5 Å². The van der Waals surface area contributed by atoms with Gasteiger partial charge in [0.25, 0.3) is 0 Å². The average Bonchev–Trinajstić information content (AvgIpc) is 2.40. The molecule has 0 aliphatic carbocycles. The van der Waals surface area contributed by atoms with Crippen LogP contribution in [0.5, 0.6) is 11.5 Å². The molecule has 0 aliphatic heterocycles. The van der Waals surface area contributed by atoms with Gasteiger partial charge in [-0.05, 0) is 37.3 Å². The van der Waals surface area contributed by atoms with Crippen molar-refractivity contribution in [1.82, 2.24) is 0 Å². The Bertz CT molecular complexity index is 602. The van der Waals surface area contributed by atoms with E-state index in [1.54, 1.807) is 19.1 Å². The highest BCUT2D eigenvalue weighted by atomic mass is 19.3. The van der Waals surface area contributed by atoms with Crippen LogP contribution >= 0.6 is 0 Å². The van der Waals surface area contributed by atoms with E-state index in [0.717, 1.165) is 6.07 Å². The lowest BCUT2D eigenvalue weighted by molar-refractivity contribution is -0.0498. The summed E-state index contributed by atoms with van der Waals surface area (Å²) >= 11 is 0. The highest BCUT2D eigenvalue weighted by Gasteiger charge is 2.11. The maximum atomic E-state index is 13.7. The molecule has 0 aromatic heterocycles. The van der Waals surface area contributed by atoms with E-state index in [1.807, 2.05) is 0 Å².